The van der Waals surface area contributed by atoms with Crippen LogP contribution < -0.4 is 15.6 Å². The van der Waals surface area contributed by atoms with E-state index in [9.17, 15) is 19.2 Å². The molecule has 11 nitrogen and oxygen atoms in total. The maximum absolute atomic E-state index is 13.1. The number of amides is 2. The van der Waals surface area contributed by atoms with E-state index in [-0.39, 0.29) is 28.2 Å². The monoisotopic (exact) mass is 790 g/mol. The smallest absolute Gasteiger partial charge is 0.282 e. The summed E-state index contributed by atoms with van der Waals surface area (Å²) >= 11 is 6.51. The van der Waals surface area contributed by atoms with Gasteiger partial charge >= 0.3 is 0 Å². The Morgan fingerprint density at radius 2 is 1.70 bits per heavy atom. The first kappa shape index (κ1) is 38.1. The lowest BCUT2D eigenvalue weighted by atomic mass is 9.73. The van der Waals surface area contributed by atoms with Gasteiger partial charge in [-0.15, -0.1) is 0 Å². The number of piperidine rings is 3. The molecule has 2 amide bonds. The van der Waals surface area contributed by atoms with Gasteiger partial charge in [-0.05, 0) is 134 Å². The van der Waals surface area contributed by atoms with Gasteiger partial charge in [-0.3, -0.25) is 34.0 Å². The zero-order valence-corrected chi connectivity index (χ0v) is 33.9. The van der Waals surface area contributed by atoms with Crippen LogP contribution in [0.5, 0.6) is 5.75 Å². The molecule has 0 aliphatic carbocycles. The zero-order valence-electron chi connectivity index (χ0n) is 33.1. The third-order valence-corrected chi connectivity index (χ3v) is 14.1. The molecule has 1 unspecified atom stereocenters. The highest BCUT2D eigenvalue weighted by molar-refractivity contribution is 6.35. The van der Waals surface area contributed by atoms with Crippen LogP contribution in [-0.4, -0.2) is 101 Å². The van der Waals surface area contributed by atoms with E-state index in [0.29, 0.717) is 47.9 Å². The van der Waals surface area contributed by atoms with Crippen LogP contribution in [0.1, 0.15) is 103 Å². The summed E-state index contributed by atoms with van der Waals surface area (Å²) in [6, 6.07) is 16.1. The largest absolute Gasteiger partial charge is 0.492 e. The molecule has 0 radical (unpaired) electrons. The minimum atomic E-state index is -0.422. The molecule has 1 spiro atoms. The summed E-state index contributed by atoms with van der Waals surface area (Å²) in [5, 5.41) is 3.36. The van der Waals surface area contributed by atoms with Crippen LogP contribution in [0.3, 0.4) is 0 Å². The molecule has 12 heteroatoms. The molecule has 3 fully saturated rings. The Kier molecular flexibility index (Phi) is 9.86. The number of hydrogen-bond donors (Lipinski definition) is 1. The van der Waals surface area contributed by atoms with E-state index in [1.54, 1.807) is 6.07 Å². The van der Waals surface area contributed by atoms with Crippen molar-refractivity contribution < 1.29 is 19.1 Å². The SMILES string of the molecule is CN(Cc1c(C=O)ccc2c1OCC21CCN(CCCN2CCC(c3ccc4c(c3)-n3c(nc(=O)c5c(Cl)cccc53)C4(C)C)CC2)CC1)C1CCC(=O)NC1=O. The number of carbonyl (C=O) groups is 3. The number of nitrogens with one attached hydrogen (secondary N) is 1. The summed E-state index contributed by atoms with van der Waals surface area (Å²) < 4.78 is 8.58. The number of likely N-dealkylation sites (N-methyl/N-ethyl adjacent to an activating group) is 1. The number of carbonyl (C=O) groups excluding carboxylic acids is 3. The van der Waals surface area contributed by atoms with Crippen molar-refractivity contribution in [2.45, 2.75) is 88.1 Å². The van der Waals surface area contributed by atoms with Gasteiger partial charge in [0.1, 0.15) is 11.6 Å². The van der Waals surface area contributed by atoms with Crippen LogP contribution in [-0.2, 0) is 27.0 Å². The Morgan fingerprint density at radius 1 is 0.965 bits per heavy atom. The van der Waals surface area contributed by atoms with Gasteiger partial charge in [-0.25, -0.2) is 0 Å². The molecule has 4 aromatic rings. The van der Waals surface area contributed by atoms with Crippen LogP contribution in [0, 0.1) is 0 Å². The second-order valence-electron chi connectivity index (χ2n) is 17.5. The quantitative estimate of drug-likeness (QED) is 0.168. The number of aldehydes is 1. The maximum Gasteiger partial charge on any atom is 0.282 e. The van der Waals surface area contributed by atoms with Crippen LogP contribution in [0.4, 0.5) is 0 Å². The van der Waals surface area contributed by atoms with Crippen molar-refractivity contribution in [3.05, 3.63) is 97.5 Å². The Balaban J connectivity index is 0.792. The molecule has 6 heterocycles. The van der Waals surface area contributed by atoms with Crippen molar-refractivity contribution in [2.75, 3.05) is 52.9 Å². The highest BCUT2D eigenvalue weighted by Gasteiger charge is 2.45. The standard InChI is InChI=1S/C45H51ClN6O5/c1-44(2)32-10-8-29(24-37(32)52-35-7-4-6-34(46)39(35)42(56)48-43(44)52)28-14-20-50(21-15-28)18-5-19-51-22-16-45(17-23-51)27-57-40-31(30(26-53)9-11-33(40)45)25-49(3)36-12-13-38(54)47-41(36)55/h4,6-11,24,26,28,36H,5,12-23,25,27H2,1-3H3,(H,47,54,55). The molecule has 0 saturated carbocycles. The summed E-state index contributed by atoms with van der Waals surface area (Å²) in [6.45, 7) is 11.6. The van der Waals surface area contributed by atoms with Gasteiger partial charge in [-0.2, -0.15) is 4.98 Å². The van der Waals surface area contributed by atoms with Crippen molar-refractivity contribution in [3.63, 3.8) is 0 Å². The first-order chi connectivity index (χ1) is 27.5. The fourth-order valence-electron chi connectivity index (χ4n) is 10.4. The number of ether oxygens (including phenoxy) is 1. The molecule has 0 bridgehead atoms. The second-order valence-corrected chi connectivity index (χ2v) is 17.9. The Morgan fingerprint density at radius 3 is 2.44 bits per heavy atom. The minimum Gasteiger partial charge on any atom is -0.492 e. The molecule has 1 N–H and O–H groups in total. The average molecular weight is 791 g/mol. The van der Waals surface area contributed by atoms with E-state index in [1.165, 1.54) is 16.7 Å². The number of hydrogen-bond acceptors (Lipinski definition) is 9. The summed E-state index contributed by atoms with van der Waals surface area (Å²) in [7, 11) is 1.87. The Bertz CT molecular complexity index is 2340. The summed E-state index contributed by atoms with van der Waals surface area (Å²) in [6.07, 6.45) is 7.04. The lowest BCUT2D eigenvalue weighted by Gasteiger charge is -2.39. The van der Waals surface area contributed by atoms with Crippen molar-refractivity contribution in [2.24, 2.45) is 0 Å². The van der Waals surface area contributed by atoms with Crippen LogP contribution in [0.15, 0.2) is 53.3 Å². The number of fused-ring (bicyclic) bond motifs is 7. The molecule has 298 valence electrons. The highest BCUT2D eigenvalue weighted by atomic mass is 35.5. The molecular formula is C45H51ClN6O5. The summed E-state index contributed by atoms with van der Waals surface area (Å²) in [5.41, 5.74) is 6.33. The van der Waals surface area contributed by atoms with Crippen molar-refractivity contribution >= 4 is 40.6 Å². The topological polar surface area (TPSA) is 117 Å². The van der Waals surface area contributed by atoms with E-state index in [0.717, 1.165) is 106 Å². The van der Waals surface area contributed by atoms with Crippen molar-refractivity contribution in [1.29, 1.82) is 0 Å². The van der Waals surface area contributed by atoms with Gasteiger partial charge in [0.2, 0.25) is 11.8 Å². The number of benzene rings is 3. The van der Waals surface area contributed by atoms with Crippen molar-refractivity contribution in [3.8, 4) is 11.4 Å². The summed E-state index contributed by atoms with van der Waals surface area (Å²) in [4.78, 5) is 61.2. The first-order valence-corrected chi connectivity index (χ1v) is 20.9. The molecule has 1 atom stereocenters. The number of nitrogens with zero attached hydrogens (tertiary/aromatic N) is 5. The average Bonchev–Trinajstić information content (AvgIpc) is 3.67. The fourth-order valence-corrected chi connectivity index (χ4v) is 10.7. The molecule has 5 aliphatic rings. The van der Waals surface area contributed by atoms with E-state index < -0.39 is 6.04 Å². The van der Waals surface area contributed by atoms with E-state index in [4.69, 9.17) is 16.3 Å². The minimum absolute atomic E-state index is 0.0688. The predicted octanol–water partition coefficient (Wildman–Crippen LogP) is 5.72. The number of imide groups is 1. The zero-order chi connectivity index (χ0) is 39.6. The Hall–Kier alpha value is -4.42. The van der Waals surface area contributed by atoms with Crippen LogP contribution >= 0.6 is 11.6 Å². The molecule has 9 rings (SSSR count). The van der Waals surface area contributed by atoms with Gasteiger partial charge in [0.05, 0.1) is 39.7 Å². The van der Waals surface area contributed by atoms with Gasteiger partial charge in [0.25, 0.3) is 5.56 Å². The normalized spacial score (nSPS) is 21.7. The third kappa shape index (κ3) is 6.60. The maximum atomic E-state index is 13.1. The van der Waals surface area contributed by atoms with Crippen molar-refractivity contribution in [1.82, 2.24) is 29.6 Å². The molecule has 5 aliphatic heterocycles. The van der Waals surface area contributed by atoms with Gasteiger partial charge < -0.3 is 14.5 Å². The summed E-state index contributed by atoms with van der Waals surface area (Å²) in [5.74, 6) is 1.53. The lowest BCUT2D eigenvalue weighted by Crippen LogP contribution is -2.51. The van der Waals surface area contributed by atoms with Gasteiger partial charge in [0.15, 0.2) is 6.29 Å². The first-order valence-electron chi connectivity index (χ1n) is 20.6. The molecule has 57 heavy (non-hydrogen) atoms. The van der Waals surface area contributed by atoms with E-state index in [1.807, 2.05) is 30.1 Å². The third-order valence-electron chi connectivity index (χ3n) is 13.8. The molecule has 1 aromatic heterocycles. The molecule has 3 saturated heterocycles. The Labute approximate surface area is 338 Å². The van der Waals surface area contributed by atoms with Crippen LogP contribution in [0.2, 0.25) is 5.02 Å². The number of aromatic nitrogens is 2. The predicted molar refractivity (Wildman–Crippen MR) is 220 cm³/mol. The second kappa shape index (κ2) is 14.8. The number of rotatable bonds is 9. The fraction of sp³-hybridized carbons (Fsp3) is 0.489. The number of halogens is 1. The van der Waals surface area contributed by atoms with Gasteiger partial charge in [-0.1, -0.05) is 41.9 Å². The number of likely N-dealkylation sites (tertiary alicyclic amines) is 2. The van der Waals surface area contributed by atoms with E-state index >= 15 is 0 Å². The molecular weight excluding hydrogens is 740 g/mol. The lowest BCUT2D eigenvalue weighted by molar-refractivity contribution is -0.137. The van der Waals surface area contributed by atoms with E-state index in [2.05, 4.69) is 62.8 Å². The highest BCUT2D eigenvalue weighted by Crippen LogP contribution is 2.48. The van der Waals surface area contributed by atoms with Crippen LogP contribution in [0.25, 0.3) is 16.6 Å². The van der Waals surface area contributed by atoms with Gasteiger partial charge in [0, 0.05) is 35.1 Å². The molecule has 3 aromatic carbocycles.